The van der Waals surface area contributed by atoms with Crippen LogP contribution in [0.1, 0.15) is 31.9 Å². The Hall–Kier alpha value is -5.60. The van der Waals surface area contributed by atoms with E-state index in [0.29, 0.717) is 0 Å². The minimum absolute atomic E-state index is 0.153. The number of nitrogens with zero attached hydrogens (tertiary/aromatic N) is 2. The zero-order chi connectivity index (χ0) is 31.4. The van der Waals surface area contributed by atoms with Crippen molar-refractivity contribution in [3.8, 4) is 5.69 Å². The topological polar surface area (TPSA) is 8.17 Å². The highest BCUT2D eigenvalue weighted by atomic mass is 15.2. The van der Waals surface area contributed by atoms with E-state index in [1.54, 1.807) is 0 Å². The smallest absolute Gasteiger partial charge is 0.0561 e. The Balaban J connectivity index is 1.41. The molecule has 0 amide bonds. The molecule has 0 atom stereocenters. The van der Waals surface area contributed by atoms with Gasteiger partial charge < -0.3 is 9.47 Å². The molecule has 0 bridgehead atoms. The zero-order valence-electron chi connectivity index (χ0n) is 26.5. The van der Waals surface area contributed by atoms with E-state index in [1.165, 1.54) is 54.9 Å². The number of hydrogen-bond acceptors (Lipinski definition) is 1. The Morgan fingerprint density at radius 1 is 0.652 bits per heavy atom. The normalized spacial score (nSPS) is 14.1. The first-order valence-electron chi connectivity index (χ1n) is 16.0. The van der Waals surface area contributed by atoms with Crippen LogP contribution in [-0.2, 0) is 5.41 Å². The number of anilines is 2. The summed E-state index contributed by atoms with van der Waals surface area (Å²) in [5.41, 5.74) is 11.5. The average molecular weight is 593 g/mol. The van der Waals surface area contributed by atoms with Crippen molar-refractivity contribution in [2.24, 2.45) is 0 Å². The minimum atomic E-state index is -0.153. The summed E-state index contributed by atoms with van der Waals surface area (Å²) in [5, 5.41) is 4.90. The van der Waals surface area contributed by atoms with Crippen molar-refractivity contribution in [2.75, 3.05) is 4.90 Å². The second-order valence-corrected chi connectivity index (χ2v) is 12.7. The van der Waals surface area contributed by atoms with Gasteiger partial charge in [0.25, 0.3) is 0 Å². The van der Waals surface area contributed by atoms with Crippen molar-refractivity contribution >= 4 is 49.5 Å². The molecule has 1 heterocycles. The van der Waals surface area contributed by atoms with Crippen LogP contribution in [0.15, 0.2) is 170 Å². The van der Waals surface area contributed by atoms with Gasteiger partial charge in [-0.25, -0.2) is 0 Å². The summed E-state index contributed by atoms with van der Waals surface area (Å²) in [6.07, 6.45) is 4.43. The Kier molecular flexibility index (Phi) is 6.54. The summed E-state index contributed by atoms with van der Waals surface area (Å²) in [7, 11) is 0. The maximum absolute atomic E-state index is 4.90. The van der Waals surface area contributed by atoms with E-state index >= 15 is 0 Å². The van der Waals surface area contributed by atoms with E-state index in [9.17, 15) is 0 Å². The lowest BCUT2D eigenvalue weighted by atomic mass is 9.81. The number of hydrogen-bond donors (Lipinski definition) is 0. The molecule has 7 aromatic rings. The molecule has 0 radical (unpaired) electrons. The van der Waals surface area contributed by atoms with E-state index in [2.05, 4.69) is 182 Å². The molecule has 1 aromatic heterocycles. The predicted molar refractivity (Wildman–Crippen MR) is 197 cm³/mol. The van der Waals surface area contributed by atoms with Gasteiger partial charge in [0.15, 0.2) is 0 Å². The first-order valence-corrected chi connectivity index (χ1v) is 16.0. The van der Waals surface area contributed by atoms with Crippen molar-refractivity contribution in [2.45, 2.75) is 26.2 Å². The van der Waals surface area contributed by atoms with Crippen molar-refractivity contribution < 1.29 is 0 Å². The van der Waals surface area contributed by atoms with Gasteiger partial charge in [0.1, 0.15) is 0 Å². The molecule has 0 aliphatic heterocycles. The first-order chi connectivity index (χ1) is 22.5. The van der Waals surface area contributed by atoms with Gasteiger partial charge in [-0.15, -0.1) is 0 Å². The largest absolute Gasteiger partial charge is 0.310 e. The number of rotatable bonds is 6. The highest BCUT2D eigenvalue weighted by molar-refractivity contribution is 6.10. The fourth-order valence-electron chi connectivity index (χ4n) is 7.46. The third-order valence-electron chi connectivity index (χ3n) is 9.63. The molecule has 1 aliphatic carbocycles. The molecule has 0 N–H and O–H groups in total. The lowest BCUT2D eigenvalue weighted by Crippen LogP contribution is -2.18. The van der Waals surface area contributed by atoms with Crippen LogP contribution >= 0.6 is 0 Å². The number of allylic oxidation sites excluding steroid dienone is 4. The molecule has 2 nitrogen and oxygen atoms in total. The molecule has 0 unspecified atom stereocenters. The molecule has 8 rings (SSSR count). The maximum atomic E-state index is 4.90. The lowest BCUT2D eigenvalue weighted by Gasteiger charge is -2.30. The van der Waals surface area contributed by atoms with Crippen molar-refractivity contribution in [3.63, 3.8) is 0 Å². The van der Waals surface area contributed by atoms with Crippen LogP contribution in [-0.4, -0.2) is 4.57 Å². The number of para-hydroxylation sites is 2. The number of aromatic nitrogens is 1. The highest BCUT2D eigenvalue weighted by Gasteiger charge is 2.38. The van der Waals surface area contributed by atoms with E-state index < -0.39 is 0 Å². The fraction of sp³-hybridized carbons (Fsp3) is 0.0909. The second-order valence-electron chi connectivity index (χ2n) is 12.7. The monoisotopic (exact) mass is 592 g/mol. The van der Waals surface area contributed by atoms with Crippen LogP contribution in [0.4, 0.5) is 11.4 Å². The fourth-order valence-corrected chi connectivity index (χ4v) is 7.46. The minimum Gasteiger partial charge on any atom is -0.310 e. The Morgan fingerprint density at radius 2 is 1.30 bits per heavy atom. The average Bonchev–Trinajstić information content (AvgIpc) is 3.53. The van der Waals surface area contributed by atoms with Crippen LogP contribution < -0.4 is 4.90 Å². The maximum Gasteiger partial charge on any atom is 0.0561 e. The SMILES string of the molecule is C=C(C1=C(/C=C\C)C(C)(C)c2ccccc21)N(c1ccc2ccccc2c1)c1ccc2c3ccccc3n(-c3ccccc3)c2c1. The molecule has 2 heteroatoms. The highest BCUT2D eigenvalue weighted by Crippen LogP contribution is 2.51. The van der Waals surface area contributed by atoms with E-state index in [0.717, 1.165) is 22.8 Å². The second kappa shape index (κ2) is 10.8. The first kappa shape index (κ1) is 27.9. The van der Waals surface area contributed by atoms with Gasteiger partial charge >= 0.3 is 0 Å². The molecule has 6 aromatic carbocycles. The van der Waals surface area contributed by atoms with Gasteiger partial charge in [0.2, 0.25) is 0 Å². The number of fused-ring (bicyclic) bond motifs is 5. The molecule has 0 saturated carbocycles. The van der Waals surface area contributed by atoms with Crippen LogP contribution in [0.25, 0.3) is 43.8 Å². The summed E-state index contributed by atoms with van der Waals surface area (Å²) >= 11 is 0. The van der Waals surface area contributed by atoms with Gasteiger partial charge in [-0.3, -0.25) is 0 Å². The molecule has 46 heavy (non-hydrogen) atoms. The Bertz CT molecular complexity index is 2370. The van der Waals surface area contributed by atoms with E-state index in [1.807, 2.05) is 0 Å². The van der Waals surface area contributed by atoms with Crippen molar-refractivity contribution in [1.82, 2.24) is 4.57 Å². The van der Waals surface area contributed by atoms with Gasteiger partial charge in [-0.05, 0) is 76.9 Å². The van der Waals surface area contributed by atoms with Gasteiger partial charge in [0.05, 0.1) is 11.0 Å². The third kappa shape index (κ3) is 4.25. The molecule has 0 saturated heterocycles. The summed E-state index contributed by atoms with van der Waals surface area (Å²) in [5.74, 6) is 0. The van der Waals surface area contributed by atoms with E-state index in [4.69, 9.17) is 6.58 Å². The molecular weight excluding hydrogens is 556 g/mol. The summed E-state index contributed by atoms with van der Waals surface area (Å²) in [6.45, 7) is 11.6. The molecule has 0 fully saturated rings. The Morgan fingerprint density at radius 3 is 2.13 bits per heavy atom. The van der Waals surface area contributed by atoms with Gasteiger partial charge in [-0.1, -0.05) is 130 Å². The van der Waals surface area contributed by atoms with Crippen LogP contribution in [0.2, 0.25) is 0 Å². The Labute approximate surface area is 270 Å². The molecular formula is C44H36N2. The molecule has 0 spiro atoms. The predicted octanol–water partition coefficient (Wildman–Crippen LogP) is 11.9. The van der Waals surface area contributed by atoms with Crippen LogP contribution in [0.3, 0.4) is 0 Å². The molecule has 222 valence electrons. The van der Waals surface area contributed by atoms with Gasteiger partial charge in [-0.2, -0.15) is 0 Å². The lowest BCUT2D eigenvalue weighted by molar-refractivity contribution is 0.654. The van der Waals surface area contributed by atoms with Crippen LogP contribution in [0.5, 0.6) is 0 Å². The van der Waals surface area contributed by atoms with Crippen molar-refractivity contribution in [3.05, 3.63) is 181 Å². The van der Waals surface area contributed by atoms with Crippen LogP contribution in [0, 0.1) is 0 Å². The quantitative estimate of drug-likeness (QED) is 0.186. The van der Waals surface area contributed by atoms with E-state index in [-0.39, 0.29) is 5.41 Å². The summed E-state index contributed by atoms with van der Waals surface area (Å²) in [4.78, 5) is 2.36. The standard InChI is InChI=1S/C44H36N2/c1-5-15-40-43(38-21-11-13-22-39(38)44(40,3)4)30(2)45(34-25-24-31-16-9-10-17-32(31)28-34)35-26-27-37-36-20-12-14-23-41(36)46(42(37)29-35)33-18-7-6-8-19-33/h5-29H,2H2,1,3-4H3/b15-5-. The summed E-state index contributed by atoms with van der Waals surface area (Å²) in [6, 6.07) is 50.4. The van der Waals surface area contributed by atoms with Crippen molar-refractivity contribution in [1.29, 1.82) is 0 Å². The molecule has 1 aliphatic rings. The zero-order valence-corrected chi connectivity index (χ0v) is 26.5. The third-order valence-corrected chi connectivity index (χ3v) is 9.63. The number of benzene rings is 6. The van der Waals surface area contributed by atoms with Gasteiger partial charge in [0, 0.05) is 44.5 Å². The summed E-state index contributed by atoms with van der Waals surface area (Å²) < 4.78 is 2.38.